The normalized spacial score (nSPS) is 19.7. The van der Waals surface area contributed by atoms with Crippen molar-refractivity contribution in [1.29, 1.82) is 0 Å². The number of hydrogen-bond acceptors (Lipinski definition) is 4. The summed E-state index contributed by atoms with van der Waals surface area (Å²) in [5.74, 6) is 1.77. The quantitative estimate of drug-likeness (QED) is 0.795. The van der Waals surface area contributed by atoms with E-state index in [4.69, 9.17) is 9.47 Å². The van der Waals surface area contributed by atoms with E-state index in [0.29, 0.717) is 0 Å². The Kier molecular flexibility index (Phi) is 2.98. The summed E-state index contributed by atoms with van der Waals surface area (Å²) in [4.78, 5) is 3.30. The standard InChI is InChI=1S/C12H12BrNO2S/c1-8-6-10(14-2-4-15-5-3-14)16-11-9(13)7-17-12(8)11/h6-7H,1-5H2. The molecule has 0 radical (unpaired) electrons. The molecule has 2 aliphatic rings. The number of thiophene rings is 1. The van der Waals surface area contributed by atoms with Crippen LogP contribution in [0.25, 0.3) is 5.57 Å². The van der Waals surface area contributed by atoms with Gasteiger partial charge in [-0.05, 0) is 21.5 Å². The Morgan fingerprint density at radius 3 is 2.88 bits per heavy atom. The summed E-state index contributed by atoms with van der Waals surface area (Å²) in [5, 5.41) is 2.03. The lowest BCUT2D eigenvalue weighted by Crippen LogP contribution is -2.37. The fraction of sp³-hybridized carbons (Fsp3) is 0.333. The summed E-state index contributed by atoms with van der Waals surface area (Å²) in [6, 6.07) is 0. The zero-order chi connectivity index (χ0) is 11.8. The van der Waals surface area contributed by atoms with Crippen molar-refractivity contribution >= 4 is 32.8 Å². The second kappa shape index (κ2) is 4.48. The minimum atomic E-state index is 0.755. The molecule has 90 valence electrons. The molecule has 1 aromatic rings. The van der Waals surface area contributed by atoms with Gasteiger partial charge in [0.25, 0.3) is 0 Å². The van der Waals surface area contributed by atoms with Crippen LogP contribution in [0.1, 0.15) is 4.88 Å². The first-order chi connectivity index (χ1) is 8.25. The van der Waals surface area contributed by atoms with Gasteiger partial charge in [0.1, 0.15) is 0 Å². The average molecular weight is 314 g/mol. The molecule has 0 bridgehead atoms. The Bertz CT molecular complexity index is 489. The van der Waals surface area contributed by atoms with Gasteiger partial charge >= 0.3 is 0 Å². The Balaban J connectivity index is 1.89. The van der Waals surface area contributed by atoms with Crippen LogP contribution in [-0.4, -0.2) is 31.2 Å². The van der Waals surface area contributed by atoms with Crippen molar-refractivity contribution in [2.45, 2.75) is 0 Å². The van der Waals surface area contributed by atoms with Crippen molar-refractivity contribution in [3.63, 3.8) is 0 Å². The largest absolute Gasteiger partial charge is 0.438 e. The Labute approximate surface area is 112 Å². The predicted octanol–water partition coefficient (Wildman–Crippen LogP) is 3.09. The van der Waals surface area contributed by atoms with Crippen LogP contribution in [-0.2, 0) is 4.74 Å². The van der Waals surface area contributed by atoms with Crippen molar-refractivity contribution in [2.24, 2.45) is 0 Å². The molecule has 3 rings (SSSR count). The third kappa shape index (κ3) is 2.03. The highest BCUT2D eigenvalue weighted by atomic mass is 79.9. The number of allylic oxidation sites excluding steroid dienone is 2. The highest BCUT2D eigenvalue weighted by molar-refractivity contribution is 9.10. The summed E-state index contributed by atoms with van der Waals surface area (Å²) in [6.07, 6.45) is 2.01. The van der Waals surface area contributed by atoms with Gasteiger partial charge in [-0.1, -0.05) is 6.58 Å². The SMILES string of the molecule is C=C1C=C(N2CCOCC2)Oc2c(Br)csc21. The molecule has 5 heteroatoms. The van der Waals surface area contributed by atoms with Gasteiger partial charge in [0.15, 0.2) is 11.6 Å². The lowest BCUT2D eigenvalue weighted by atomic mass is 10.2. The van der Waals surface area contributed by atoms with Crippen LogP contribution in [0.15, 0.2) is 28.4 Å². The molecule has 0 N–H and O–H groups in total. The molecular weight excluding hydrogens is 302 g/mol. The molecule has 0 saturated carbocycles. The number of morpholine rings is 1. The van der Waals surface area contributed by atoms with Gasteiger partial charge in [-0.3, -0.25) is 0 Å². The summed E-state index contributed by atoms with van der Waals surface area (Å²) in [5.41, 5.74) is 1.02. The number of rotatable bonds is 1. The second-order valence-corrected chi connectivity index (χ2v) is 5.69. The summed E-state index contributed by atoms with van der Waals surface area (Å²) >= 11 is 5.15. The fourth-order valence-corrected chi connectivity index (χ4v) is 3.42. The molecule has 1 aromatic heterocycles. The van der Waals surface area contributed by atoms with E-state index in [-0.39, 0.29) is 0 Å². The summed E-state index contributed by atoms with van der Waals surface area (Å²) < 4.78 is 12.3. The van der Waals surface area contributed by atoms with E-state index in [9.17, 15) is 0 Å². The van der Waals surface area contributed by atoms with Crippen molar-refractivity contribution in [1.82, 2.24) is 4.90 Å². The first-order valence-corrected chi connectivity index (χ1v) is 7.11. The van der Waals surface area contributed by atoms with Crippen LogP contribution in [0.2, 0.25) is 0 Å². The fourth-order valence-electron chi connectivity index (χ4n) is 1.93. The van der Waals surface area contributed by atoms with Gasteiger partial charge in [-0.15, -0.1) is 11.3 Å². The molecule has 17 heavy (non-hydrogen) atoms. The molecule has 0 aromatic carbocycles. The van der Waals surface area contributed by atoms with Crippen LogP contribution in [0.4, 0.5) is 0 Å². The van der Waals surface area contributed by atoms with Crippen LogP contribution in [0.3, 0.4) is 0 Å². The Hall–Kier alpha value is -0.780. The molecule has 3 nitrogen and oxygen atoms in total. The lowest BCUT2D eigenvalue weighted by Gasteiger charge is -2.32. The van der Waals surface area contributed by atoms with E-state index in [1.54, 1.807) is 11.3 Å². The third-order valence-corrected chi connectivity index (χ3v) is 4.75. The molecule has 0 aliphatic carbocycles. The van der Waals surface area contributed by atoms with Gasteiger partial charge < -0.3 is 14.4 Å². The maximum Gasteiger partial charge on any atom is 0.196 e. The first-order valence-electron chi connectivity index (χ1n) is 5.44. The van der Waals surface area contributed by atoms with E-state index >= 15 is 0 Å². The molecule has 1 saturated heterocycles. The van der Waals surface area contributed by atoms with E-state index in [1.165, 1.54) is 0 Å². The van der Waals surface area contributed by atoms with Crippen molar-refractivity contribution in [3.05, 3.63) is 33.3 Å². The molecule has 0 atom stereocenters. The van der Waals surface area contributed by atoms with Gasteiger partial charge in [-0.25, -0.2) is 0 Å². The average Bonchev–Trinajstić information content (AvgIpc) is 2.73. The Morgan fingerprint density at radius 1 is 1.35 bits per heavy atom. The summed E-state index contributed by atoms with van der Waals surface area (Å²) in [6.45, 7) is 7.34. The monoisotopic (exact) mass is 313 g/mol. The van der Waals surface area contributed by atoms with Crippen molar-refractivity contribution in [2.75, 3.05) is 26.3 Å². The molecule has 0 spiro atoms. The maximum absolute atomic E-state index is 5.95. The highest BCUT2D eigenvalue weighted by Crippen LogP contribution is 2.43. The molecule has 1 fully saturated rings. The third-order valence-electron chi connectivity index (χ3n) is 2.82. The number of nitrogens with zero attached hydrogens (tertiary/aromatic N) is 1. The molecule has 0 amide bonds. The zero-order valence-corrected chi connectivity index (χ0v) is 11.6. The first kappa shape index (κ1) is 11.3. The van der Waals surface area contributed by atoms with Gasteiger partial charge in [0, 0.05) is 24.5 Å². The van der Waals surface area contributed by atoms with Crippen molar-refractivity contribution < 1.29 is 9.47 Å². The topological polar surface area (TPSA) is 21.7 Å². The van der Waals surface area contributed by atoms with Crippen LogP contribution in [0.5, 0.6) is 5.75 Å². The van der Waals surface area contributed by atoms with E-state index in [1.807, 2.05) is 11.5 Å². The number of halogens is 1. The van der Waals surface area contributed by atoms with Gasteiger partial charge in [0.05, 0.1) is 22.6 Å². The van der Waals surface area contributed by atoms with E-state index < -0.39 is 0 Å². The minimum Gasteiger partial charge on any atom is -0.438 e. The number of hydrogen-bond donors (Lipinski definition) is 0. The smallest absolute Gasteiger partial charge is 0.196 e. The lowest BCUT2D eigenvalue weighted by molar-refractivity contribution is 0.0347. The number of fused-ring (bicyclic) bond motifs is 1. The molecular formula is C12H12BrNO2S. The van der Waals surface area contributed by atoms with Gasteiger partial charge in [0.2, 0.25) is 0 Å². The molecule has 0 unspecified atom stereocenters. The Morgan fingerprint density at radius 2 is 2.12 bits per heavy atom. The highest BCUT2D eigenvalue weighted by Gasteiger charge is 2.24. The van der Waals surface area contributed by atoms with E-state index in [0.717, 1.165) is 52.9 Å². The van der Waals surface area contributed by atoms with Crippen LogP contribution < -0.4 is 4.74 Å². The maximum atomic E-state index is 5.95. The second-order valence-electron chi connectivity index (χ2n) is 3.95. The molecule has 3 heterocycles. The predicted molar refractivity (Wildman–Crippen MR) is 72.2 cm³/mol. The van der Waals surface area contributed by atoms with Crippen LogP contribution >= 0.6 is 27.3 Å². The van der Waals surface area contributed by atoms with Crippen molar-refractivity contribution in [3.8, 4) is 5.75 Å². The van der Waals surface area contributed by atoms with Gasteiger partial charge in [-0.2, -0.15) is 0 Å². The summed E-state index contributed by atoms with van der Waals surface area (Å²) in [7, 11) is 0. The van der Waals surface area contributed by atoms with Crippen LogP contribution in [0, 0.1) is 0 Å². The zero-order valence-electron chi connectivity index (χ0n) is 9.24. The number of ether oxygens (including phenoxy) is 2. The molecule has 2 aliphatic heterocycles. The minimum absolute atomic E-state index is 0.755. The van der Waals surface area contributed by atoms with E-state index in [2.05, 4.69) is 27.4 Å².